The van der Waals surface area contributed by atoms with Crippen molar-refractivity contribution in [3.05, 3.63) is 71.6 Å². The number of hydrogen-bond donors (Lipinski definition) is 1. The van der Waals surface area contributed by atoms with E-state index in [1.807, 2.05) is 66.1 Å². The van der Waals surface area contributed by atoms with Crippen LogP contribution in [0.5, 0.6) is 0 Å². The molecule has 0 unspecified atom stereocenters. The number of rotatable bonds is 3. The van der Waals surface area contributed by atoms with Crippen molar-refractivity contribution in [2.45, 2.75) is 6.92 Å². The molecule has 24 heavy (non-hydrogen) atoms. The van der Waals surface area contributed by atoms with Gasteiger partial charge in [0.25, 0.3) is 0 Å². The summed E-state index contributed by atoms with van der Waals surface area (Å²) in [4.78, 5) is 13.5. The molecule has 6 heteroatoms. The van der Waals surface area contributed by atoms with Gasteiger partial charge in [0.15, 0.2) is 0 Å². The summed E-state index contributed by atoms with van der Waals surface area (Å²) in [7, 11) is 0. The average Bonchev–Trinajstić information content (AvgIpc) is 2.93. The zero-order chi connectivity index (χ0) is 16.5. The number of anilines is 2. The number of aryl methyl sites for hydroxylation is 1. The third kappa shape index (κ3) is 2.59. The monoisotopic (exact) mass is 335 g/mol. The molecule has 0 aliphatic rings. The Labute approximate surface area is 144 Å². The second kappa shape index (κ2) is 5.94. The highest BCUT2D eigenvalue weighted by Crippen LogP contribution is 2.26. The van der Waals surface area contributed by atoms with Crippen LogP contribution in [0.3, 0.4) is 0 Å². The first-order chi connectivity index (χ1) is 11.7. The van der Waals surface area contributed by atoms with Crippen molar-refractivity contribution in [2.75, 3.05) is 5.32 Å². The van der Waals surface area contributed by atoms with Crippen molar-refractivity contribution in [1.82, 2.24) is 19.4 Å². The van der Waals surface area contributed by atoms with Crippen LogP contribution in [0.25, 0.3) is 17.0 Å². The summed E-state index contributed by atoms with van der Waals surface area (Å²) in [6.07, 6.45) is 3.71. The number of hydrogen-bond acceptors (Lipinski definition) is 4. The van der Waals surface area contributed by atoms with Crippen molar-refractivity contribution in [3.8, 4) is 11.4 Å². The molecule has 4 aromatic rings. The van der Waals surface area contributed by atoms with Crippen LogP contribution >= 0.6 is 11.6 Å². The Hall–Kier alpha value is -2.92. The van der Waals surface area contributed by atoms with Crippen LogP contribution in [0, 0.1) is 6.92 Å². The molecule has 0 fully saturated rings. The Morgan fingerprint density at radius 3 is 2.71 bits per heavy atom. The molecule has 118 valence electrons. The molecule has 0 saturated carbocycles. The van der Waals surface area contributed by atoms with Gasteiger partial charge in [0, 0.05) is 12.4 Å². The van der Waals surface area contributed by atoms with E-state index in [-0.39, 0.29) is 0 Å². The molecule has 0 saturated heterocycles. The van der Waals surface area contributed by atoms with Crippen LogP contribution < -0.4 is 5.32 Å². The minimum atomic E-state index is 0.492. The number of pyridine rings is 1. The Morgan fingerprint density at radius 2 is 1.83 bits per heavy atom. The summed E-state index contributed by atoms with van der Waals surface area (Å²) in [6.45, 7) is 1.98. The molecule has 0 atom stereocenters. The third-order valence-electron chi connectivity index (χ3n) is 3.72. The number of aromatic nitrogens is 4. The fourth-order valence-electron chi connectivity index (χ4n) is 2.66. The van der Waals surface area contributed by atoms with E-state index in [0.717, 1.165) is 28.4 Å². The van der Waals surface area contributed by atoms with Gasteiger partial charge in [-0.2, -0.15) is 0 Å². The van der Waals surface area contributed by atoms with E-state index in [1.54, 1.807) is 6.20 Å². The summed E-state index contributed by atoms with van der Waals surface area (Å²) >= 11 is 6.18. The number of nitrogens with one attached hydrogen (secondary N) is 1. The largest absolute Gasteiger partial charge is 0.323 e. The third-order valence-corrected chi connectivity index (χ3v) is 4.05. The second-order valence-electron chi connectivity index (χ2n) is 5.34. The fraction of sp³-hybridized carbons (Fsp3) is 0.0556. The zero-order valence-electron chi connectivity index (χ0n) is 12.9. The Morgan fingerprint density at radius 1 is 1.00 bits per heavy atom. The molecular weight excluding hydrogens is 322 g/mol. The lowest BCUT2D eigenvalue weighted by Crippen LogP contribution is -2.00. The van der Waals surface area contributed by atoms with Gasteiger partial charge in [-0.1, -0.05) is 29.8 Å². The zero-order valence-corrected chi connectivity index (χ0v) is 13.7. The van der Waals surface area contributed by atoms with Gasteiger partial charge in [0.05, 0.1) is 27.8 Å². The molecule has 3 aromatic heterocycles. The van der Waals surface area contributed by atoms with Gasteiger partial charge in [-0.25, -0.2) is 15.0 Å². The summed E-state index contributed by atoms with van der Waals surface area (Å²) in [5, 5.41) is 3.78. The molecule has 0 amide bonds. The average molecular weight is 336 g/mol. The van der Waals surface area contributed by atoms with Gasteiger partial charge >= 0.3 is 0 Å². The lowest BCUT2D eigenvalue weighted by Gasteiger charge is -2.08. The SMILES string of the molecule is Cc1nc2ccccn2c1-c1ccnc(Nc2ccccc2Cl)n1. The maximum atomic E-state index is 6.18. The number of imidazole rings is 1. The van der Waals surface area contributed by atoms with E-state index < -0.39 is 0 Å². The van der Waals surface area contributed by atoms with E-state index in [1.165, 1.54) is 0 Å². The van der Waals surface area contributed by atoms with Crippen LogP contribution in [-0.2, 0) is 0 Å². The first kappa shape index (κ1) is 14.7. The van der Waals surface area contributed by atoms with Gasteiger partial charge < -0.3 is 5.32 Å². The topological polar surface area (TPSA) is 55.1 Å². The lowest BCUT2D eigenvalue weighted by molar-refractivity contribution is 1.12. The predicted molar refractivity (Wildman–Crippen MR) is 95.7 cm³/mol. The molecule has 5 nitrogen and oxygen atoms in total. The molecule has 0 aliphatic heterocycles. The number of para-hydroxylation sites is 1. The van der Waals surface area contributed by atoms with Crippen molar-refractivity contribution >= 4 is 28.9 Å². The molecule has 4 rings (SSSR count). The summed E-state index contributed by atoms with van der Waals surface area (Å²) in [5.74, 6) is 0.492. The smallest absolute Gasteiger partial charge is 0.227 e. The highest BCUT2D eigenvalue weighted by Gasteiger charge is 2.13. The van der Waals surface area contributed by atoms with Crippen LogP contribution in [0.4, 0.5) is 11.6 Å². The summed E-state index contributed by atoms with van der Waals surface area (Å²) < 4.78 is 2.02. The quantitative estimate of drug-likeness (QED) is 0.599. The van der Waals surface area contributed by atoms with Crippen LogP contribution in [0.1, 0.15) is 5.69 Å². The van der Waals surface area contributed by atoms with E-state index in [9.17, 15) is 0 Å². The van der Waals surface area contributed by atoms with Gasteiger partial charge in [-0.15, -0.1) is 0 Å². The van der Waals surface area contributed by atoms with Crippen LogP contribution in [0.15, 0.2) is 60.9 Å². The summed E-state index contributed by atoms with van der Waals surface area (Å²) in [5.41, 5.74) is 4.34. The lowest BCUT2D eigenvalue weighted by atomic mass is 10.2. The standard InChI is InChI=1S/C18H14ClN5/c1-12-17(24-11-5-4-8-16(24)21-12)15-9-10-20-18(23-15)22-14-7-3-2-6-13(14)19/h2-11H,1H3,(H,20,22,23). The van der Waals surface area contributed by atoms with Crippen molar-refractivity contribution in [3.63, 3.8) is 0 Å². The number of nitrogens with zero attached hydrogens (tertiary/aromatic N) is 4. The van der Waals surface area contributed by atoms with Crippen LogP contribution in [-0.4, -0.2) is 19.4 Å². The van der Waals surface area contributed by atoms with Gasteiger partial charge in [-0.3, -0.25) is 4.40 Å². The van der Waals surface area contributed by atoms with Crippen LogP contribution in [0.2, 0.25) is 5.02 Å². The predicted octanol–water partition coefficient (Wildman–Crippen LogP) is 4.50. The maximum absolute atomic E-state index is 6.18. The summed E-state index contributed by atoms with van der Waals surface area (Å²) in [6, 6.07) is 15.3. The fourth-order valence-corrected chi connectivity index (χ4v) is 2.84. The number of fused-ring (bicyclic) bond motifs is 1. The molecular formula is C18H14ClN5. The molecule has 0 spiro atoms. The molecule has 0 aliphatic carbocycles. The van der Waals surface area contributed by atoms with Crippen molar-refractivity contribution < 1.29 is 0 Å². The van der Waals surface area contributed by atoms with Gasteiger partial charge in [0.2, 0.25) is 5.95 Å². The molecule has 0 bridgehead atoms. The van der Waals surface area contributed by atoms with Gasteiger partial charge in [-0.05, 0) is 37.3 Å². The Bertz CT molecular complexity index is 1020. The van der Waals surface area contributed by atoms with Crippen molar-refractivity contribution in [2.24, 2.45) is 0 Å². The first-order valence-electron chi connectivity index (χ1n) is 7.51. The minimum Gasteiger partial charge on any atom is -0.323 e. The minimum absolute atomic E-state index is 0.492. The first-order valence-corrected chi connectivity index (χ1v) is 7.89. The molecule has 0 radical (unpaired) electrons. The molecule has 1 N–H and O–H groups in total. The van der Waals surface area contributed by atoms with E-state index in [0.29, 0.717) is 11.0 Å². The Kier molecular flexibility index (Phi) is 3.63. The number of halogens is 1. The van der Waals surface area contributed by atoms with E-state index >= 15 is 0 Å². The normalized spacial score (nSPS) is 10.9. The molecule has 3 heterocycles. The van der Waals surface area contributed by atoms with E-state index in [2.05, 4.69) is 20.3 Å². The second-order valence-corrected chi connectivity index (χ2v) is 5.75. The van der Waals surface area contributed by atoms with E-state index in [4.69, 9.17) is 11.6 Å². The number of benzene rings is 1. The van der Waals surface area contributed by atoms with Crippen molar-refractivity contribution in [1.29, 1.82) is 0 Å². The molecule has 1 aromatic carbocycles. The highest BCUT2D eigenvalue weighted by molar-refractivity contribution is 6.33. The highest BCUT2D eigenvalue weighted by atomic mass is 35.5. The van der Waals surface area contributed by atoms with Gasteiger partial charge in [0.1, 0.15) is 5.65 Å². The Balaban J connectivity index is 1.77. The maximum Gasteiger partial charge on any atom is 0.227 e.